The molecule has 6 nitrogen and oxygen atoms in total. The topological polar surface area (TPSA) is 87.7 Å². The van der Waals surface area contributed by atoms with Crippen LogP contribution in [0.5, 0.6) is 5.75 Å². The van der Waals surface area contributed by atoms with Gasteiger partial charge in [0, 0.05) is 6.54 Å². The molecule has 0 saturated carbocycles. The number of benzene rings is 1. The highest BCUT2D eigenvalue weighted by atomic mass is 32.2. The summed E-state index contributed by atoms with van der Waals surface area (Å²) < 4.78 is 32.4. The van der Waals surface area contributed by atoms with Gasteiger partial charge in [-0.3, -0.25) is 0 Å². The summed E-state index contributed by atoms with van der Waals surface area (Å²) in [6.45, 7) is 2.23. The van der Waals surface area contributed by atoms with Gasteiger partial charge in [0.25, 0.3) is 0 Å². The van der Waals surface area contributed by atoms with E-state index in [-0.39, 0.29) is 30.7 Å². The molecule has 2 rings (SSSR count). The monoisotopic (exact) mass is 272 g/mol. The first-order valence-electron chi connectivity index (χ1n) is 5.67. The Bertz CT molecular complexity index is 530. The van der Waals surface area contributed by atoms with Gasteiger partial charge >= 0.3 is 0 Å². The van der Waals surface area contributed by atoms with Crippen molar-refractivity contribution in [3.63, 3.8) is 0 Å². The molecule has 0 spiro atoms. The number of aliphatic hydroxyl groups is 1. The Kier molecular flexibility index (Phi) is 3.74. The van der Waals surface area contributed by atoms with Gasteiger partial charge in [-0.15, -0.1) is 0 Å². The quantitative estimate of drug-likeness (QED) is 0.729. The molecule has 0 radical (unpaired) electrons. The van der Waals surface area contributed by atoms with E-state index in [2.05, 4.69) is 10.0 Å². The zero-order valence-corrected chi connectivity index (χ0v) is 10.8. The molecule has 0 unspecified atom stereocenters. The van der Waals surface area contributed by atoms with Gasteiger partial charge in [0.1, 0.15) is 17.3 Å². The van der Waals surface area contributed by atoms with Crippen LogP contribution in [0.4, 0.5) is 5.69 Å². The van der Waals surface area contributed by atoms with Crippen molar-refractivity contribution in [1.29, 1.82) is 0 Å². The molecular formula is C11H16N2O4S. The minimum Gasteiger partial charge on any atom is -0.490 e. The molecule has 0 bridgehead atoms. The van der Waals surface area contributed by atoms with E-state index in [0.717, 1.165) is 0 Å². The summed E-state index contributed by atoms with van der Waals surface area (Å²) in [5, 5.41) is 11.7. The average Bonchev–Trinajstić information content (AvgIpc) is 2.43. The van der Waals surface area contributed by atoms with E-state index in [9.17, 15) is 8.42 Å². The van der Waals surface area contributed by atoms with Crippen molar-refractivity contribution in [2.45, 2.75) is 17.9 Å². The van der Waals surface area contributed by atoms with Crippen LogP contribution in [0.25, 0.3) is 0 Å². The first-order valence-corrected chi connectivity index (χ1v) is 7.16. The second-order valence-electron chi connectivity index (χ2n) is 4.12. The van der Waals surface area contributed by atoms with Crippen LogP contribution in [-0.4, -0.2) is 39.3 Å². The molecule has 1 atom stereocenters. The van der Waals surface area contributed by atoms with E-state index in [0.29, 0.717) is 11.4 Å². The molecule has 0 aliphatic carbocycles. The summed E-state index contributed by atoms with van der Waals surface area (Å²) in [7, 11) is -3.61. The van der Waals surface area contributed by atoms with Crippen LogP contribution in [0.15, 0.2) is 23.1 Å². The van der Waals surface area contributed by atoms with Crippen LogP contribution in [0.3, 0.4) is 0 Å². The van der Waals surface area contributed by atoms with E-state index >= 15 is 0 Å². The molecule has 0 amide bonds. The fraction of sp³-hybridized carbons (Fsp3) is 0.455. The van der Waals surface area contributed by atoms with Crippen molar-refractivity contribution < 1.29 is 18.3 Å². The predicted octanol–water partition coefficient (Wildman–Crippen LogP) is 0.150. The Labute approximate surface area is 106 Å². The van der Waals surface area contributed by atoms with E-state index in [1.807, 2.05) is 0 Å². The van der Waals surface area contributed by atoms with Crippen LogP contribution in [0.1, 0.15) is 6.92 Å². The minimum atomic E-state index is -3.61. The highest BCUT2D eigenvalue weighted by Crippen LogP contribution is 2.33. The van der Waals surface area contributed by atoms with Crippen LogP contribution in [-0.2, 0) is 10.0 Å². The van der Waals surface area contributed by atoms with Gasteiger partial charge in [0.2, 0.25) is 10.0 Å². The van der Waals surface area contributed by atoms with E-state index < -0.39 is 10.0 Å². The first-order chi connectivity index (χ1) is 8.54. The van der Waals surface area contributed by atoms with Crippen molar-refractivity contribution in [1.82, 2.24) is 4.72 Å². The summed E-state index contributed by atoms with van der Waals surface area (Å²) in [5.74, 6) is 0.329. The lowest BCUT2D eigenvalue weighted by Gasteiger charge is -2.13. The molecule has 1 aliphatic heterocycles. The Morgan fingerprint density at radius 1 is 1.56 bits per heavy atom. The predicted molar refractivity (Wildman–Crippen MR) is 67.3 cm³/mol. The smallest absolute Gasteiger partial charge is 0.246 e. The molecule has 3 N–H and O–H groups in total. The summed E-state index contributed by atoms with van der Waals surface area (Å²) in [6, 6.07) is 4.70. The first kappa shape index (κ1) is 13.1. The number of anilines is 1. The van der Waals surface area contributed by atoms with Crippen molar-refractivity contribution in [3.8, 4) is 5.75 Å². The summed E-state index contributed by atoms with van der Waals surface area (Å²) in [5.41, 5.74) is 0.433. The van der Waals surface area contributed by atoms with Crippen LogP contribution < -0.4 is 14.8 Å². The second-order valence-corrected chi connectivity index (χ2v) is 5.77. The van der Waals surface area contributed by atoms with Crippen molar-refractivity contribution in [2.24, 2.45) is 0 Å². The lowest BCUT2D eigenvalue weighted by molar-refractivity contribution is 0.288. The Hall–Kier alpha value is -1.31. The van der Waals surface area contributed by atoms with Crippen LogP contribution in [0.2, 0.25) is 0 Å². The normalized spacial score (nSPS) is 21.6. The number of hydrogen-bond acceptors (Lipinski definition) is 5. The number of sulfonamides is 1. The fourth-order valence-electron chi connectivity index (χ4n) is 1.81. The zero-order valence-electron chi connectivity index (χ0n) is 10.0. The van der Waals surface area contributed by atoms with Gasteiger partial charge in [-0.1, -0.05) is 6.07 Å². The lowest BCUT2D eigenvalue weighted by Crippen LogP contribution is -2.34. The second kappa shape index (κ2) is 5.13. The van der Waals surface area contributed by atoms with Gasteiger partial charge in [-0.25, -0.2) is 13.1 Å². The molecule has 0 saturated heterocycles. The van der Waals surface area contributed by atoms with Gasteiger partial charge in [0.05, 0.1) is 18.3 Å². The largest absolute Gasteiger partial charge is 0.490 e. The van der Waals surface area contributed by atoms with E-state index in [1.54, 1.807) is 25.1 Å². The van der Waals surface area contributed by atoms with Gasteiger partial charge in [-0.05, 0) is 19.1 Å². The average molecular weight is 272 g/mol. The van der Waals surface area contributed by atoms with E-state index in [1.165, 1.54) is 0 Å². The molecule has 100 valence electrons. The van der Waals surface area contributed by atoms with Crippen LogP contribution in [0, 0.1) is 0 Å². The van der Waals surface area contributed by atoms with Crippen molar-refractivity contribution in [2.75, 3.05) is 25.1 Å². The maximum absolute atomic E-state index is 12.2. The SMILES string of the molecule is C[C@H]1COc2cccc(NCCO)c2S(=O)(=O)N1. The summed E-state index contributed by atoms with van der Waals surface area (Å²) in [4.78, 5) is 0.0998. The van der Waals surface area contributed by atoms with Crippen molar-refractivity contribution in [3.05, 3.63) is 18.2 Å². The van der Waals surface area contributed by atoms with Crippen molar-refractivity contribution >= 4 is 15.7 Å². The van der Waals surface area contributed by atoms with Gasteiger partial charge < -0.3 is 15.2 Å². The van der Waals surface area contributed by atoms with E-state index in [4.69, 9.17) is 9.84 Å². The number of rotatable bonds is 3. The molecule has 1 aromatic rings. The number of hydrogen-bond donors (Lipinski definition) is 3. The molecule has 1 aromatic carbocycles. The molecule has 1 aliphatic rings. The summed E-state index contributed by atoms with van der Waals surface area (Å²) >= 11 is 0. The standard InChI is InChI=1S/C11H16N2O4S/c1-8-7-17-10-4-2-3-9(12-5-6-14)11(10)18(15,16)13-8/h2-4,8,12-14H,5-7H2,1H3/t8-/m0/s1. The van der Waals surface area contributed by atoms with Crippen LogP contribution >= 0.6 is 0 Å². The third-order valence-corrected chi connectivity index (χ3v) is 4.19. The zero-order chi connectivity index (χ0) is 13.2. The molecule has 18 heavy (non-hydrogen) atoms. The fourth-order valence-corrected chi connectivity index (χ4v) is 3.35. The maximum Gasteiger partial charge on any atom is 0.246 e. The molecule has 0 aromatic heterocycles. The Morgan fingerprint density at radius 3 is 3.06 bits per heavy atom. The Morgan fingerprint density at radius 2 is 2.33 bits per heavy atom. The Balaban J connectivity index is 2.49. The number of aliphatic hydroxyl groups excluding tert-OH is 1. The highest BCUT2D eigenvalue weighted by molar-refractivity contribution is 7.89. The third-order valence-electron chi connectivity index (χ3n) is 2.52. The van der Waals surface area contributed by atoms with Gasteiger partial charge in [0.15, 0.2) is 0 Å². The molecule has 1 heterocycles. The molecule has 0 fully saturated rings. The number of nitrogens with one attached hydrogen (secondary N) is 2. The summed E-state index contributed by atoms with van der Waals surface area (Å²) in [6.07, 6.45) is 0. The molecular weight excluding hydrogens is 256 g/mol. The lowest BCUT2D eigenvalue weighted by atomic mass is 10.3. The maximum atomic E-state index is 12.2. The van der Waals surface area contributed by atoms with Gasteiger partial charge in [-0.2, -0.15) is 0 Å². The number of ether oxygens (including phenoxy) is 1. The highest BCUT2D eigenvalue weighted by Gasteiger charge is 2.28. The third kappa shape index (κ3) is 2.58. The minimum absolute atomic E-state index is 0.0750. The molecule has 7 heteroatoms. The number of fused-ring (bicyclic) bond motifs is 1.